The summed E-state index contributed by atoms with van der Waals surface area (Å²) >= 11 is 0. The lowest BCUT2D eigenvalue weighted by Gasteiger charge is -2.16. The zero-order valence-electron chi connectivity index (χ0n) is 12.7. The Labute approximate surface area is 120 Å². The summed E-state index contributed by atoms with van der Waals surface area (Å²) in [6.07, 6.45) is 3.15. The molecule has 2 heterocycles. The number of furan rings is 1. The summed E-state index contributed by atoms with van der Waals surface area (Å²) in [5, 5.41) is 4.46. The Balaban J connectivity index is 2.05. The van der Waals surface area contributed by atoms with E-state index in [2.05, 4.69) is 44.3 Å². The van der Waals surface area contributed by atoms with E-state index in [4.69, 9.17) is 9.15 Å². The van der Waals surface area contributed by atoms with Crippen molar-refractivity contribution in [2.24, 2.45) is 0 Å². The van der Waals surface area contributed by atoms with Gasteiger partial charge in [-0.1, -0.05) is 25.5 Å². The van der Waals surface area contributed by atoms with E-state index in [1.54, 1.807) is 0 Å². The number of fused-ring (bicyclic) bond motifs is 3. The van der Waals surface area contributed by atoms with Gasteiger partial charge in [-0.25, -0.2) is 0 Å². The maximum Gasteiger partial charge on any atom is 0.176 e. The van der Waals surface area contributed by atoms with Gasteiger partial charge in [0.15, 0.2) is 11.3 Å². The fraction of sp³-hybridized carbons (Fsp3) is 0.529. The lowest BCUT2D eigenvalue weighted by atomic mass is 10.0. The maximum absolute atomic E-state index is 6.12. The summed E-state index contributed by atoms with van der Waals surface area (Å²) < 4.78 is 12.2. The molecule has 0 fully saturated rings. The standard InChI is InChI=1S/C17H23NO2/c1-5-6-13(18-4)14-9-11-7-8-12-10-17(2,3)20-16(12)15(11)19-14/h7-9,13,18H,5-6,10H2,1-4H3. The van der Waals surface area contributed by atoms with Gasteiger partial charge in [0.2, 0.25) is 0 Å². The van der Waals surface area contributed by atoms with E-state index < -0.39 is 0 Å². The van der Waals surface area contributed by atoms with Crippen LogP contribution in [-0.4, -0.2) is 12.6 Å². The van der Waals surface area contributed by atoms with Crippen molar-refractivity contribution in [1.29, 1.82) is 0 Å². The van der Waals surface area contributed by atoms with Crippen LogP contribution < -0.4 is 10.1 Å². The monoisotopic (exact) mass is 273 g/mol. The fourth-order valence-electron chi connectivity index (χ4n) is 3.05. The van der Waals surface area contributed by atoms with Gasteiger partial charge in [-0.15, -0.1) is 0 Å². The minimum Gasteiger partial charge on any atom is -0.483 e. The highest BCUT2D eigenvalue weighted by Gasteiger charge is 2.32. The average Bonchev–Trinajstić information content (AvgIpc) is 2.94. The molecule has 0 saturated heterocycles. The van der Waals surface area contributed by atoms with Crippen molar-refractivity contribution in [1.82, 2.24) is 5.32 Å². The van der Waals surface area contributed by atoms with Gasteiger partial charge < -0.3 is 14.5 Å². The smallest absolute Gasteiger partial charge is 0.176 e. The van der Waals surface area contributed by atoms with Crippen molar-refractivity contribution in [3.05, 3.63) is 29.5 Å². The molecule has 3 nitrogen and oxygen atoms in total. The molecule has 0 aliphatic carbocycles. The van der Waals surface area contributed by atoms with Gasteiger partial charge in [0.1, 0.15) is 11.4 Å². The van der Waals surface area contributed by atoms with E-state index in [-0.39, 0.29) is 11.6 Å². The normalized spacial score (nSPS) is 18.0. The predicted octanol–water partition coefficient (Wildman–Crippen LogP) is 4.21. The number of hydrogen-bond acceptors (Lipinski definition) is 3. The van der Waals surface area contributed by atoms with Gasteiger partial charge in [0, 0.05) is 17.4 Å². The number of rotatable bonds is 4. The van der Waals surface area contributed by atoms with E-state index in [1.165, 1.54) is 5.56 Å². The molecule has 0 spiro atoms. The summed E-state index contributed by atoms with van der Waals surface area (Å²) in [4.78, 5) is 0. The number of ether oxygens (including phenoxy) is 1. The van der Waals surface area contributed by atoms with Gasteiger partial charge in [0.05, 0.1) is 6.04 Å². The van der Waals surface area contributed by atoms with Crippen LogP contribution in [0.5, 0.6) is 5.75 Å². The van der Waals surface area contributed by atoms with Crippen molar-refractivity contribution in [3.63, 3.8) is 0 Å². The molecule has 1 atom stereocenters. The molecule has 1 aliphatic heterocycles. The summed E-state index contributed by atoms with van der Waals surface area (Å²) in [6, 6.07) is 6.73. The second kappa shape index (κ2) is 4.81. The molecule has 3 heteroatoms. The van der Waals surface area contributed by atoms with E-state index >= 15 is 0 Å². The quantitative estimate of drug-likeness (QED) is 0.906. The van der Waals surface area contributed by atoms with Crippen LogP contribution in [0.1, 0.15) is 51.0 Å². The molecule has 108 valence electrons. The molecule has 0 bridgehead atoms. The first-order valence-electron chi connectivity index (χ1n) is 7.45. The average molecular weight is 273 g/mol. The fourth-order valence-corrected chi connectivity index (χ4v) is 3.05. The van der Waals surface area contributed by atoms with Crippen LogP contribution in [0.2, 0.25) is 0 Å². The first kappa shape index (κ1) is 13.5. The van der Waals surface area contributed by atoms with Crippen LogP contribution >= 0.6 is 0 Å². The van der Waals surface area contributed by atoms with Crippen molar-refractivity contribution in [3.8, 4) is 5.75 Å². The molecule has 1 aliphatic rings. The number of hydrogen-bond donors (Lipinski definition) is 1. The zero-order valence-corrected chi connectivity index (χ0v) is 12.7. The summed E-state index contributed by atoms with van der Waals surface area (Å²) in [6.45, 7) is 6.43. The van der Waals surface area contributed by atoms with Gasteiger partial charge in [-0.05, 0) is 33.4 Å². The third-order valence-electron chi connectivity index (χ3n) is 4.01. The number of benzene rings is 1. The SMILES string of the molecule is CCCC(NC)c1cc2ccc3c(c2o1)OC(C)(C)C3. The molecule has 2 aromatic rings. The molecular weight excluding hydrogens is 250 g/mol. The third-order valence-corrected chi connectivity index (χ3v) is 4.01. The highest BCUT2D eigenvalue weighted by Crippen LogP contribution is 2.42. The van der Waals surface area contributed by atoms with Gasteiger partial charge in [0.25, 0.3) is 0 Å². The minimum absolute atomic E-state index is 0.130. The first-order valence-corrected chi connectivity index (χ1v) is 7.45. The largest absolute Gasteiger partial charge is 0.483 e. The molecule has 1 aromatic carbocycles. The Morgan fingerprint density at radius 3 is 2.85 bits per heavy atom. The second-order valence-corrected chi connectivity index (χ2v) is 6.29. The molecule has 0 saturated carbocycles. The topological polar surface area (TPSA) is 34.4 Å². The molecule has 20 heavy (non-hydrogen) atoms. The van der Waals surface area contributed by atoms with Crippen LogP contribution in [0.3, 0.4) is 0 Å². The molecule has 1 N–H and O–H groups in total. The van der Waals surface area contributed by atoms with E-state index in [9.17, 15) is 0 Å². The zero-order chi connectivity index (χ0) is 14.3. The Kier molecular flexibility index (Phi) is 3.25. The van der Waals surface area contributed by atoms with Crippen LogP contribution in [-0.2, 0) is 6.42 Å². The van der Waals surface area contributed by atoms with Crippen molar-refractivity contribution < 1.29 is 9.15 Å². The molecule has 0 radical (unpaired) electrons. The lowest BCUT2D eigenvalue weighted by Crippen LogP contribution is -2.24. The molecule has 1 aromatic heterocycles. The van der Waals surface area contributed by atoms with Crippen LogP contribution in [0, 0.1) is 0 Å². The Hall–Kier alpha value is -1.48. The highest BCUT2D eigenvalue weighted by molar-refractivity contribution is 5.86. The van der Waals surface area contributed by atoms with E-state index in [1.807, 2.05) is 7.05 Å². The second-order valence-electron chi connectivity index (χ2n) is 6.29. The maximum atomic E-state index is 6.12. The Morgan fingerprint density at radius 2 is 2.15 bits per heavy atom. The van der Waals surface area contributed by atoms with E-state index in [0.717, 1.165) is 41.7 Å². The van der Waals surface area contributed by atoms with Crippen molar-refractivity contribution >= 4 is 11.0 Å². The lowest BCUT2D eigenvalue weighted by molar-refractivity contribution is 0.138. The van der Waals surface area contributed by atoms with E-state index in [0.29, 0.717) is 0 Å². The van der Waals surface area contributed by atoms with Gasteiger partial charge >= 0.3 is 0 Å². The predicted molar refractivity (Wildman–Crippen MR) is 81.3 cm³/mol. The first-order chi connectivity index (χ1) is 9.54. The number of nitrogens with one attached hydrogen (secondary N) is 1. The molecule has 1 unspecified atom stereocenters. The molecular formula is C17H23NO2. The van der Waals surface area contributed by atoms with Gasteiger partial charge in [-0.2, -0.15) is 0 Å². The summed E-state index contributed by atoms with van der Waals surface area (Å²) in [7, 11) is 1.98. The molecule has 3 rings (SSSR count). The van der Waals surface area contributed by atoms with Gasteiger partial charge in [-0.3, -0.25) is 0 Å². The highest BCUT2D eigenvalue weighted by atomic mass is 16.5. The summed E-state index contributed by atoms with van der Waals surface area (Å²) in [5.41, 5.74) is 2.02. The summed E-state index contributed by atoms with van der Waals surface area (Å²) in [5.74, 6) is 1.94. The minimum atomic E-state index is -0.130. The van der Waals surface area contributed by atoms with Crippen LogP contribution in [0.4, 0.5) is 0 Å². The van der Waals surface area contributed by atoms with Crippen molar-refractivity contribution in [2.45, 2.75) is 51.7 Å². The van der Waals surface area contributed by atoms with Crippen LogP contribution in [0.15, 0.2) is 22.6 Å². The Morgan fingerprint density at radius 1 is 1.35 bits per heavy atom. The van der Waals surface area contributed by atoms with Crippen LogP contribution in [0.25, 0.3) is 11.0 Å². The molecule has 0 amide bonds. The third kappa shape index (κ3) is 2.20. The Bertz CT molecular complexity index is 627. The van der Waals surface area contributed by atoms with Crippen molar-refractivity contribution in [2.75, 3.05) is 7.05 Å².